The van der Waals surface area contributed by atoms with Crippen molar-refractivity contribution in [1.82, 2.24) is 34.5 Å². The second kappa shape index (κ2) is 4.68. The topological polar surface area (TPSA) is 77.2 Å². The number of imidazole rings is 2. The van der Waals surface area contributed by atoms with Crippen molar-refractivity contribution < 1.29 is 0 Å². The van der Waals surface area contributed by atoms with Gasteiger partial charge >= 0.3 is 0 Å². The van der Waals surface area contributed by atoms with E-state index in [9.17, 15) is 0 Å². The minimum Gasteiger partial charge on any atom is -0.348 e. The Morgan fingerprint density at radius 3 is 2.79 bits per heavy atom. The number of rotatable bonds is 4. The summed E-state index contributed by atoms with van der Waals surface area (Å²) >= 11 is 0. The monoisotopic (exact) mass is 257 g/mol. The number of nitrogens with one attached hydrogen (secondary N) is 1. The summed E-state index contributed by atoms with van der Waals surface area (Å²) in [6.07, 6.45) is 7.35. The lowest BCUT2D eigenvalue weighted by Crippen LogP contribution is -2.09. The predicted octanol–water partition coefficient (Wildman–Crippen LogP) is 1.18. The Labute approximate surface area is 110 Å². The molecule has 0 aliphatic carbocycles. The van der Waals surface area contributed by atoms with Gasteiger partial charge in [0.1, 0.15) is 5.69 Å². The van der Waals surface area contributed by atoms with Gasteiger partial charge in [0.05, 0.1) is 18.6 Å². The molecule has 98 valence electrons. The molecule has 7 heteroatoms. The highest BCUT2D eigenvalue weighted by Crippen LogP contribution is 2.17. The van der Waals surface area contributed by atoms with Crippen molar-refractivity contribution in [3.8, 4) is 11.5 Å². The van der Waals surface area contributed by atoms with E-state index in [1.807, 2.05) is 30.9 Å². The van der Waals surface area contributed by atoms with E-state index in [1.54, 1.807) is 12.5 Å². The first-order valence-electron chi connectivity index (χ1n) is 6.12. The standard InChI is InChI=1S/C12H15N7/c1-9-7-19(17-16-9)6-5-18-4-3-13-12(18)11-10(2)14-8-15-11/h3-4,7-8H,5-6H2,1-2H3,(H,14,15). The SMILES string of the molecule is Cc1cn(CCn2ccnc2-c2nc[nH]c2C)nn1. The van der Waals surface area contributed by atoms with Crippen molar-refractivity contribution in [3.63, 3.8) is 0 Å². The van der Waals surface area contributed by atoms with Crippen LogP contribution in [0.15, 0.2) is 24.9 Å². The number of aromatic amines is 1. The molecule has 0 saturated heterocycles. The molecule has 0 aromatic carbocycles. The fourth-order valence-corrected chi connectivity index (χ4v) is 2.01. The summed E-state index contributed by atoms with van der Waals surface area (Å²) in [7, 11) is 0. The fourth-order valence-electron chi connectivity index (χ4n) is 2.01. The third-order valence-corrected chi connectivity index (χ3v) is 2.98. The van der Waals surface area contributed by atoms with Crippen molar-refractivity contribution in [2.24, 2.45) is 0 Å². The lowest BCUT2D eigenvalue weighted by Gasteiger charge is -2.06. The maximum Gasteiger partial charge on any atom is 0.160 e. The number of H-pyrrole nitrogens is 1. The second-order valence-electron chi connectivity index (χ2n) is 4.44. The minimum absolute atomic E-state index is 0.758. The molecule has 0 atom stereocenters. The molecule has 0 radical (unpaired) electrons. The lowest BCUT2D eigenvalue weighted by atomic mass is 10.3. The summed E-state index contributed by atoms with van der Waals surface area (Å²) < 4.78 is 3.90. The maximum atomic E-state index is 4.37. The van der Waals surface area contributed by atoms with E-state index in [1.165, 1.54) is 0 Å². The Hall–Kier alpha value is -2.44. The molecule has 7 nitrogen and oxygen atoms in total. The molecule has 1 N–H and O–H groups in total. The van der Waals surface area contributed by atoms with Crippen LogP contribution in [0.4, 0.5) is 0 Å². The molecule has 3 rings (SSSR count). The van der Waals surface area contributed by atoms with E-state index in [0.717, 1.165) is 36.0 Å². The Bertz CT molecular complexity index is 676. The number of aromatic nitrogens is 7. The van der Waals surface area contributed by atoms with E-state index < -0.39 is 0 Å². The third-order valence-electron chi connectivity index (χ3n) is 2.98. The van der Waals surface area contributed by atoms with Crippen LogP contribution >= 0.6 is 0 Å². The van der Waals surface area contributed by atoms with Crippen LogP contribution in [-0.2, 0) is 13.1 Å². The summed E-state index contributed by atoms with van der Waals surface area (Å²) in [5.41, 5.74) is 2.83. The highest BCUT2D eigenvalue weighted by atomic mass is 15.4. The summed E-state index contributed by atoms with van der Waals surface area (Å²) in [6, 6.07) is 0. The maximum absolute atomic E-state index is 4.37. The molecule has 3 aromatic heterocycles. The van der Waals surface area contributed by atoms with Gasteiger partial charge in [0.2, 0.25) is 0 Å². The van der Waals surface area contributed by atoms with Gasteiger partial charge < -0.3 is 9.55 Å². The number of hydrogen-bond donors (Lipinski definition) is 1. The van der Waals surface area contributed by atoms with Crippen LogP contribution < -0.4 is 0 Å². The zero-order valence-electron chi connectivity index (χ0n) is 10.9. The van der Waals surface area contributed by atoms with Crippen LogP contribution in [0.2, 0.25) is 0 Å². The number of hydrogen-bond acceptors (Lipinski definition) is 4. The highest BCUT2D eigenvalue weighted by molar-refractivity contribution is 5.52. The summed E-state index contributed by atoms with van der Waals surface area (Å²) in [5, 5.41) is 8.01. The van der Waals surface area contributed by atoms with E-state index in [4.69, 9.17) is 0 Å². The molecule has 0 unspecified atom stereocenters. The average Bonchev–Trinajstić information content (AvgIpc) is 3.07. The molecule has 3 aromatic rings. The third kappa shape index (κ3) is 2.26. The molecule has 0 saturated carbocycles. The highest BCUT2D eigenvalue weighted by Gasteiger charge is 2.11. The minimum atomic E-state index is 0.758. The molecule has 0 fully saturated rings. The molecule has 0 aliphatic rings. The Kier molecular flexibility index (Phi) is 2.86. The van der Waals surface area contributed by atoms with Gasteiger partial charge in [0, 0.05) is 30.8 Å². The average molecular weight is 257 g/mol. The van der Waals surface area contributed by atoms with Gasteiger partial charge in [-0.25, -0.2) is 9.97 Å². The molecule has 0 bridgehead atoms. The first kappa shape index (κ1) is 11.6. The van der Waals surface area contributed by atoms with Gasteiger partial charge in [0.15, 0.2) is 5.82 Å². The van der Waals surface area contributed by atoms with Crippen LogP contribution in [0.5, 0.6) is 0 Å². The number of nitrogens with zero attached hydrogens (tertiary/aromatic N) is 6. The van der Waals surface area contributed by atoms with E-state index >= 15 is 0 Å². The predicted molar refractivity (Wildman–Crippen MR) is 69.3 cm³/mol. The van der Waals surface area contributed by atoms with E-state index in [-0.39, 0.29) is 0 Å². The van der Waals surface area contributed by atoms with Gasteiger partial charge in [-0.05, 0) is 13.8 Å². The zero-order valence-corrected chi connectivity index (χ0v) is 10.9. The van der Waals surface area contributed by atoms with Crippen molar-refractivity contribution in [2.45, 2.75) is 26.9 Å². The Balaban J connectivity index is 1.79. The van der Waals surface area contributed by atoms with Crippen molar-refractivity contribution in [2.75, 3.05) is 0 Å². The van der Waals surface area contributed by atoms with Gasteiger partial charge in [-0.1, -0.05) is 5.21 Å². The Morgan fingerprint density at radius 2 is 2.11 bits per heavy atom. The first-order chi connectivity index (χ1) is 9.24. The first-order valence-corrected chi connectivity index (χ1v) is 6.12. The van der Waals surface area contributed by atoms with Crippen molar-refractivity contribution in [1.29, 1.82) is 0 Å². The van der Waals surface area contributed by atoms with Crippen LogP contribution in [0.25, 0.3) is 11.5 Å². The molecule has 3 heterocycles. The quantitative estimate of drug-likeness (QED) is 0.761. The number of aryl methyl sites for hydroxylation is 4. The summed E-state index contributed by atoms with van der Waals surface area (Å²) in [5.74, 6) is 0.871. The molecular formula is C12H15N7. The van der Waals surface area contributed by atoms with Crippen LogP contribution in [0.3, 0.4) is 0 Å². The molecular weight excluding hydrogens is 242 g/mol. The molecule has 0 spiro atoms. The Morgan fingerprint density at radius 1 is 1.21 bits per heavy atom. The largest absolute Gasteiger partial charge is 0.348 e. The van der Waals surface area contributed by atoms with Crippen molar-refractivity contribution >= 4 is 0 Å². The van der Waals surface area contributed by atoms with E-state index in [2.05, 4.69) is 29.8 Å². The van der Waals surface area contributed by atoms with Crippen molar-refractivity contribution in [3.05, 3.63) is 36.3 Å². The molecule has 19 heavy (non-hydrogen) atoms. The van der Waals surface area contributed by atoms with Gasteiger partial charge in [-0.3, -0.25) is 4.68 Å². The van der Waals surface area contributed by atoms with Crippen LogP contribution in [-0.4, -0.2) is 34.5 Å². The molecule has 0 aliphatic heterocycles. The van der Waals surface area contributed by atoms with E-state index in [0.29, 0.717) is 0 Å². The molecule has 0 amide bonds. The van der Waals surface area contributed by atoms with Crippen LogP contribution in [0, 0.1) is 13.8 Å². The van der Waals surface area contributed by atoms with Gasteiger partial charge in [-0.15, -0.1) is 5.10 Å². The fraction of sp³-hybridized carbons (Fsp3) is 0.333. The van der Waals surface area contributed by atoms with Gasteiger partial charge in [0.25, 0.3) is 0 Å². The smallest absolute Gasteiger partial charge is 0.160 e. The summed E-state index contributed by atoms with van der Waals surface area (Å²) in [6.45, 7) is 5.46. The lowest BCUT2D eigenvalue weighted by molar-refractivity contribution is 0.521. The summed E-state index contributed by atoms with van der Waals surface area (Å²) in [4.78, 5) is 11.7. The second-order valence-corrected chi connectivity index (χ2v) is 4.44. The normalized spacial score (nSPS) is 11.1. The zero-order chi connectivity index (χ0) is 13.2. The van der Waals surface area contributed by atoms with Gasteiger partial charge in [-0.2, -0.15) is 0 Å². The van der Waals surface area contributed by atoms with Crippen LogP contribution in [0.1, 0.15) is 11.4 Å².